The molecule has 4 heteroatoms. The maximum Gasteiger partial charge on any atom is 0.246 e. The molecular weight excluding hydrogens is 254 g/mol. The van der Waals surface area contributed by atoms with Crippen molar-refractivity contribution >= 4 is 11.7 Å². The minimum absolute atomic E-state index is 0.00993. The van der Waals surface area contributed by atoms with Crippen LogP contribution in [0.1, 0.15) is 66.2 Å². The Balaban J connectivity index is 3.60. The van der Waals surface area contributed by atoms with E-state index in [0.29, 0.717) is 6.61 Å². The van der Waals surface area contributed by atoms with Gasteiger partial charge in [-0.25, -0.2) is 0 Å². The maximum atomic E-state index is 11.6. The fourth-order valence-corrected chi connectivity index (χ4v) is 2.10. The second-order valence-electron chi connectivity index (χ2n) is 5.72. The summed E-state index contributed by atoms with van der Waals surface area (Å²) in [6, 6.07) is -0.403. The molecule has 0 aliphatic heterocycles. The number of amides is 1. The van der Waals surface area contributed by atoms with Crippen LogP contribution in [-0.2, 0) is 14.3 Å². The molecule has 1 amide bonds. The molecule has 0 aliphatic carbocycles. The van der Waals surface area contributed by atoms with E-state index < -0.39 is 6.04 Å². The number of hydrogen-bond donors (Lipinski definition) is 1. The Morgan fingerprint density at radius 2 is 1.65 bits per heavy atom. The van der Waals surface area contributed by atoms with Crippen LogP contribution in [0.4, 0.5) is 0 Å². The van der Waals surface area contributed by atoms with Crippen molar-refractivity contribution in [3.63, 3.8) is 0 Å². The number of carbonyl (C=O) groups excluding carboxylic acids is 2. The SMILES string of the molecule is CCCCCCCCOCC(=O)NC(C(C)=O)C(C)C. The number of unbranched alkanes of at least 4 members (excludes halogenated alkanes) is 5. The maximum absolute atomic E-state index is 11.6. The summed E-state index contributed by atoms with van der Waals surface area (Å²) < 4.78 is 5.34. The van der Waals surface area contributed by atoms with Gasteiger partial charge in [-0.15, -0.1) is 0 Å². The first-order chi connectivity index (χ1) is 9.49. The average Bonchev–Trinajstić information content (AvgIpc) is 2.38. The van der Waals surface area contributed by atoms with Crippen LogP contribution in [0.3, 0.4) is 0 Å². The lowest BCUT2D eigenvalue weighted by molar-refractivity contribution is -0.130. The van der Waals surface area contributed by atoms with Gasteiger partial charge in [0.1, 0.15) is 6.61 Å². The second kappa shape index (κ2) is 11.9. The zero-order valence-electron chi connectivity index (χ0n) is 13.5. The smallest absolute Gasteiger partial charge is 0.246 e. The highest BCUT2D eigenvalue weighted by atomic mass is 16.5. The zero-order chi connectivity index (χ0) is 15.4. The van der Waals surface area contributed by atoms with Crippen molar-refractivity contribution in [2.75, 3.05) is 13.2 Å². The summed E-state index contributed by atoms with van der Waals surface area (Å²) in [4.78, 5) is 23.0. The van der Waals surface area contributed by atoms with E-state index >= 15 is 0 Å². The fraction of sp³-hybridized carbons (Fsp3) is 0.875. The number of rotatable bonds is 12. The van der Waals surface area contributed by atoms with Gasteiger partial charge in [-0.3, -0.25) is 9.59 Å². The Morgan fingerprint density at radius 3 is 2.20 bits per heavy atom. The number of carbonyl (C=O) groups is 2. The predicted molar refractivity (Wildman–Crippen MR) is 81.6 cm³/mol. The molecule has 0 radical (unpaired) electrons. The summed E-state index contributed by atoms with van der Waals surface area (Å²) in [5.74, 6) is -0.107. The van der Waals surface area contributed by atoms with Gasteiger partial charge < -0.3 is 10.1 Å². The van der Waals surface area contributed by atoms with E-state index in [0.717, 1.165) is 12.8 Å². The van der Waals surface area contributed by atoms with Crippen molar-refractivity contribution < 1.29 is 14.3 Å². The van der Waals surface area contributed by atoms with E-state index in [1.807, 2.05) is 13.8 Å². The molecule has 20 heavy (non-hydrogen) atoms. The summed E-state index contributed by atoms with van der Waals surface area (Å²) in [5, 5.41) is 2.72. The van der Waals surface area contributed by atoms with Crippen molar-refractivity contribution in [3.05, 3.63) is 0 Å². The van der Waals surface area contributed by atoms with Gasteiger partial charge in [0.15, 0.2) is 5.78 Å². The van der Waals surface area contributed by atoms with E-state index in [1.165, 1.54) is 32.6 Å². The summed E-state index contributed by atoms with van der Waals surface area (Å²) in [6.45, 7) is 8.21. The Labute approximate surface area is 123 Å². The van der Waals surface area contributed by atoms with Gasteiger partial charge in [0.25, 0.3) is 0 Å². The van der Waals surface area contributed by atoms with Gasteiger partial charge in [-0.05, 0) is 19.3 Å². The average molecular weight is 285 g/mol. The normalized spacial score (nSPS) is 12.4. The molecule has 0 saturated carbocycles. The lowest BCUT2D eigenvalue weighted by Crippen LogP contribution is -2.44. The summed E-state index contributed by atoms with van der Waals surface area (Å²) in [6.07, 6.45) is 7.23. The first kappa shape index (κ1) is 19.1. The van der Waals surface area contributed by atoms with E-state index in [4.69, 9.17) is 4.74 Å². The van der Waals surface area contributed by atoms with Gasteiger partial charge >= 0.3 is 0 Å². The number of ketones is 1. The molecule has 1 N–H and O–H groups in total. The Morgan fingerprint density at radius 1 is 1.05 bits per heavy atom. The van der Waals surface area contributed by atoms with E-state index in [-0.39, 0.29) is 24.2 Å². The van der Waals surface area contributed by atoms with E-state index in [2.05, 4.69) is 12.2 Å². The first-order valence-corrected chi connectivity index (χ1v) is 7.86. The minimum atomic E-state index is -0.403. The quantitative estimate of drug-likeness (QED) is 0.561. The Kier molecular flexibility index (Phi) is 11.4. The molecular formula is C16H31NO3. The summed E-state index contributed by atoms with van der Waals surface area (Å²) in [5.41, 5.74) is 0. The summed E-state index contributed by atoms with van der Waals surface area (Å²) >= 11 is 0. The molecule has 0 aromatic carbocycles. The molecule has 0 fully saturated rings. The second-order valence-corrected chi connectivity index (χ2v) is 5.72. The summed E-state index contributed by atoms with van der Waals surface area (Å²) in [7, 11) is 0. The highest BCUT2D eigenvalue weighted by molar-refractivity contribution is 5.88. The fourth-order valence-electron chi connectivity index (χ4n) is 2.10. The van der Waals surface area contributed by atoms with Crippen LogP contribution in [0.5, 0.6) is 0 Å². The van der Waals surface area contributed by atoms with E-state index in [9.17, 15) is 9.59 Å². The number of nitrogens with one attached hydrogen (secondary N) is 1. The molecule has 1 atom stereocenters. The van der Waals surface area contributed by atoms with Gasteiger partial charge in [-0.2, -0.15) is 0 Å². The molecule has 118 valence electrons. The Bertz CT molecular complexity index is 277. The van der Waals surface area contributed by atoms with E-state index in [1.54, 1.807) is 0 Å². The molecule has 0 rings (SSSR count). The molecule has 0 spiro atoms. The molecule has 0 aliphatic rings. The van der Waals surface area contributed by atoms with Gasteiger partial charge in [-0.1, -0.05) is 52.9 Å². The zero-order valence-corrected chi connectivity index (χ0v) is 13.5. The number of hydrogen-bond acceptors (Lipinski definition) is 3. The van der Waals surface area contributed by atoms with Crippen molar-refractivity contribution in [1.29, 1.82) is 0 Å². The van der Waals surface area contributed by atoms with Crippen LogP contribution in [-0.4, -0.2) is 30.9 Å². The first-order valence-electron chi connectivity index (χ1n) is 7.86. The standard InChI is InChI=1S/C16H31NO3/c1-5-6-7-8-9-10-11-20-12-15(19)17-16(13(2)3)14(4)18/h13,16H,5-12H2,1-4H3,(H,17,19). The van der Waals surface area contributed by atoms with Crippen LogP contribution in [0, 0.1) is 5.92 Å². The van der Waals surface area contributed by atoms with Crippen molar-refractivity contribution in [3.8, 4) is 0 Å². The minimum Gasteiger partial charge on any atom is -0.372 e. The molecule has 0 heterocycles. The van der Waals surface area contributed by atoms with Crippen LogP contribution in [0.15, 0.2) is 0 Å². The van der Waals surface area contributed by atoms with Crippen molar-refractivity contribution in [1.82, 2.24) is 5.32 Å². The number of Topliss-reactive ketones (excluding diaryl/α,β-unsaturated/α-hetero) is 1. The highest BCUT2D eigenvalue weighted by Crippen LogP contribution is 2.05. The monoisotopic (exact) mass is 285 g/mol. The topological polar surface area (TPSA) is 55.4 Å². The third-order valence-electron chi connectivity index (χ3n) is 3.30. The third kappa shape index (κ3) is 9.96. The Hall–Kier alpha value is -0.900. The highest BCUT2D eigenvalue weighted by Gasteiger charge is 2.20. The predicted octanol–water partition coefficient (Wildman–Crippen LogP) is 3.09. The molecule has 0 aromatic heterocycles. The molecule has 0 saturated heterocycles. The van der Waals surface area contributed by atoms with Gasteiger partial charge in [0.2, 0.25) is 5.91 Å². The van der Waals surface area contributed by atoms with Gasteiger partial charge in [0.05, 0.1) is 6.04 Å². The van der Waals surface area contributed by atoms with Gasteiger partial charge in [0, 0.05) is 6.61 Å². The third-order valence-corrected chi connectivity index (χ3v) is 3.30. The lowest BCUT2D eigenvalue weighted by atomic mass is 10.0. The molecule has 1 unspecified atom stereocenters. The van der Waals surface area contributed by atoms with Crippen LogP contribution < -0.4 is 5.32 Å². The number of ether oxygens (including phenoxy) is 1. The van der Waals surface area contributed by atoms with Crippen LogP contribution >= 0.6 is 0 Å². The van der Waals surface area contributed by atoms with Crippen molar-refractivity contribution in [2.45, 2.75) is 72.3 Å². The molecule has 4 nitrogen and oxygen atoms in total. The van der Waals surface area contributed by atoms with Crippen molar-refractivity contribution in [2.24, 2.45) is 5.92 Å². The lowest BCUT2D eigenvalue weighted by Gasteiger charge is -2.19. The van der Waals surface area contributed by atoms with Crippen LogP contribution in [0.2, 0.25) is 0 Å². The molecule has 0 bridgehead atoms. The molecule has 0 aromatic rings. The largest absolute Gasteiger partial charge is 0.372 e. The van der Waals surface area contributed by atoms with Crippen LogP contribution in [0.25, 0.3) is 0 Å².